The van der Waals surface area contributed by atoms with Crippen molar-refractivity contribution in [2.24, 2.45) is 21.4 Å². The molecule has 1 aliphatic rings. The zero-order chi connectivity index (χ0) is 9.73. The van der Waals surface area contributed by atoms with E-state index in [9.17, 15) is 4.91 Å². The number of nitrogens with zero attached hydrogens (tertiary/aromatic N) is 3. The highest BCUT2D eigenvalue weighted by Crippen LogP contribution is 2.35. The van der Waals surface area contributed by atoms with Crippen molar-refractivity contribution in [3.8, 4) is 0 Å². The minimum Gasteiger partial charge on any atom is -0.305 e. The van der Waals surface area contributed by atoms with Gasteiger partial charge in [0.1, 0.15) is 5.54 Å². The Morgan fingerprint density at radius 1 is 1.46 bits per heavy atom. The standard InChI is InChI=1S/C8H16N4O/c1-2-8(11-13)5-3-7(4-6-8)10-12-9/h7H,2-6H2,1H3,(H2,9,10). The molecule has 1 saturated carbocycles. The van der Waals surface area contributed by atoms with Crippen LogP contribution in [0.15, 0.2) is 15.5 Å². The van der Waals surface area contributed by atoms with Crippen molar-refractivity contribution in [2.75, 3.05) is 0 Å². The van der Waals surface area contributed by atoms with Gasteiger partial charge in [-0.2, -0.15) is 10.0 Å². The Hall–Kier alpha value is -1.00. The highest BCUT2D eigenvalue weighted by molar-refractivity contribution is 4.93. The maximum atomic E-state index is 10.6. The van der Waals surface area contributed by atoms with Gasteiger partial charge in [0.05, 0.1) is 6.04 Å². The zero-order valence-corrected chi connectivity index (χ0v) is 7.94. The van der Waals surface area contributed by atoms with E-state index in [0.29, 0.717) is 0 Å². The van der Waals surface area contributed by atoms with Gasteiger partial charge in [-0.05, 0) is 32.1 Å². The summed E-state index contributed by atoms with van der Waals surface area (Å²) in [7, 11) is 0. The van der Waals surface area contributed by atoms with Gasteiger partial charge in [0.15, 0.2) is 0 Å². The van der Waals surface area contributed by atoms with Gasteiger partial charge in [-0.1, -0.05) is 17.3 Å². The zero-order valence-electron chi connectivity index (χ0n) is 7.94. The molecule has 13 heavy (non-hydrogen) atoms. The van der Waals surface area contributed by atoms with Crippen LogP contribution < -0.4 is 5.84 Å². The van der Waals surface area contributed by atoms with Gasteiger partial charge in [-0.3, -0.25) is 0 Å². The average Bonchev–Trinajstić information content (AvgIpc) is 2.20. The SMILES string of the molecule is CCC1(N=O)CCC(N=NN)CC1. The third-order valence-electron chi connectivity index (χ3n) is 2.97. The van der Waals surface area contributed by atoms with Gasteiger partial charge in [-0.25, -0.2) is 0 Å². The summed E-state index contributed by atoms with van der Waals surface area (Å²) in [6.45, 7) is 2.01. The molecule has 0 saturated heterocycles. The molecule has 0 radical (unpaired) electrons. The minimum atomic E-state index is -0.333. The smallest absolute Gasteiger partial charge is 0.103 e. The molecule has 1 aliphatic carbocycles. The molecule has 0 amide bonds. The molecule has 0 unspecified atom stereocenters. The summed E-state index contributed by atoms with van der Waals surface area (Å²) in [5.74, 6) is 4.97. The third-order valence-corrected chi connectivity index (χ3v) is 2.97. The van der Waals surface area contributed by atoms with Gasteiger partial charge in [0, 0.05) is 0 Å². The molecular formula is C8H16N4O. The van der Waals surface area contributed by atoms with Crippen LogP contribution in [0.5, 0.6) is 0 Å². The van der Waals surface area contributed by atoms with E-state index in [0.717, 1.165) is 32.1 Å². The summed E-state index contributed by atoms with van der Waals surface area (Å²) in [4.78, 5) is 10.6. The molecule has 0 spiro atoms. The highest BCUT2D eigenvalue weighted by Gasteiger charge is 2.35. The van der Waals surface area contributed by atoms with Crippen molar-refractivity contribution in [1.82, 2.24) is 0 Å². The first-order chi connectivity index (χ1) is 6.26. The van der Waals surface area contributed by atoms with Crippen LogP contribution in [0.1, 0.15) is 39.0 Å². The molecule has 0 bridgehead atoms. The van der Waals surface area contributed by atoms with Crippen molar-refractivity contribution in [3.63, 3.8) is 0 Å². The molecule has 0 aliphatic heterocycles. The minimum absolute atomic E-state index is 0.200. The Labute approximate surface area is 77.7 Å². The van der Waals surface area contributed by atoms with Gasteiger partial charge in [-0.15, -0.1) is 0 Å². The molecular weight excluding hydrogens is 168 g/mol. The molecule has 2 N–H and O–H groups in total. The van der Waals surface area contributed by atoms with Crippen LogP contribution in [-0.4, -0.2) is 11.6 Å². The number of nitrogens with two attached hydrogens (primary N) is 1. The van der Waals surface area contributed by atoms with Gasteiger partial charge in [0.2, 0.25) is 0 Å². The first kappa shape index (κ1) is 10.1. The lowest BCUT2D eigenvalue weighted by Crippen LogP contribution is -2.32. The van der Waals surface area contributed by atoms with E-state index in [4.69, 9.17) is 5.84 Å². The number of rotatable bonds is 3. The topological polar surface area (TPSA) is 80.2 Å². The largest absolute Gasteiger partial charge is 0.305 e. The van der Waals surface area contributed by atoms with E-state index in [2.05, 4.69) is 15.5 Å². The number of nitroso groups, excluding NO2 is 1. The molecule has 0 aromatic rings. The van der Waals surface area contributed by atoms with E-state index in [-0.39, 0.29) is 11.6 Å². The second kappa shape index (κ2) is 4.30. The Morgan fingerprint density at radius 2 is 2.08 bits per heavy atom. The molecule has 0 heterocycles. The molecule has 1 fully saturated rings. The molecule has 5 nitrogen and oxygen atoms in total. The summed E-state index contributed by atoms with van der Waals surface area (Å²) < 4.78 is 0. The summed E-state index contributed by atoms with van der Waals surface area (Å²) in [6.07, 6.45) is 4.21. The summed E-state index contributed by atoms with van der Waals surface area (Å²) in [5, 5.41) is 10.4. The van der Waals surface area contributed by atoms with Gasteiger partial charge < -0.3 is 5.84 Å². The fourth-order valence-electron chi connectivity index (χ4n) is 1.86. The normalized spacial score (nSPS) is 35.0. The quantitative estimate of drug-likeness (QED) is 0.315. The fraction of sp³-hybridized carbons (Fsp3) is 1.00. The van der Waals surface area contributed by atoms with Crippen LogP contribution in [0.25, 0.3) is 0 Å². The second-order valence-electron chi connectivity index (χ2n) is 3.63. The Kier molecular flexibility index (Phi) is 3.33. The Bertz CT molecular complexity index is 196. The predicted molar refractivity (Wildman–Crippen MR) is 50.1 cm³/mol. The lowest BCUT2D eigenvalue weighted by atomic mass is 9.79. The molecule has 1 rings (SSSR count). The number of hydrogen-bond acceptors (Lipinski definition) is 4. The average molecular weight is 184 g/mol. The van der Waals surface area contributed by atoms with E-state index < -0.39 is 0 Å². The monoisotopic (exact) mass is 184 g/mol. The predicted octanol–water partition coefficient (Wildman–Crippen LogP) is 2.17. The molecule has 0 atom stereocenters. The van der Waals surface area contributed by atoms with Crippen molar-refractivity contribution < 1.29 is 0 Å². The van der Waals surface area contributed by atoms with Crippen LogP contribution in [-0.2, 0) is 0 Å². The Morgan fingerprint density at radius 3 is 2.46 bits per heavy atom. The van der Waals surface area contributed by atoms with Crippen LogP contribution in [0.2, 0.25) is 0 Å². The van der Waals surface area contributed by atoms with Gasteiger partial charge in [0.25, 0.3) is 0 Å². The molecule has 5 heteroatoms. The van der Waals surface area contributed by atoms with Crippen molar-refractivity contribution in [3.05, 3.63) is 4.91 Å². The lowest BCUT2D eigenvalue weighted by Gasteiger charge is -2.31. The van der Waals surface area contributed by atoms with Crippen LogP contribution in [0.4, 0.5) is 0 Å². The lowest BCUT2D eigenvalue weighted by molar-refractivity contribution is 0.262. The molecule has 0 aromatic heterocycles. The van der Waals surface area contributed by atoms with E-state index >= 15 is 0 Å². The second-order valence-corrected chi connectivity index (χ2v) is 3.63. The van der Waals surface area contributed by atoms with E-state index in [1.807, 2.05) is 6.92 Å². The molecule has 74 valence electrons. The summed E-state index contributed by atoms with van der Waals surface area (Å²) in [6, 6.07) is 0.200. The maximum Gasteiger partial charge on any atom is 0.103 e. The fourth-order valence-corrected chi connectivity index (χ4v) is 1.86. The third kappa shape index (κ3) is 2.23. The van der Waals surface area contributed by atoms with Crippen LogP contribution >= 0.6 is 0 Å². The summed E-state index contributed by atoms with van der Waals surface area (Å²) in [5.41, 5.74) is -0.333. The van der Waals surface area contributed by atoms with Crippen LogP contribution in [0, 0.1) is 4.91 Å². The maximum absolute atomic E-state index is 10.6. The number of hydrogen-bond donors (Lipinski definition) is 1. The van der Waals surface area contributed by atoms with Crippen molar-refractivity contribution >= 4 is 0 Å². The van der Waals surface area contributed by atoms with Crippen molar-refractivity contribution in [1.29, 1.82) is 0 Å². The summed E-state index contributed by atoms with van der Waals surface area (Å²) >= 11 is 0. The van der Waals surface area contributed by atoms with E-state index in [1.54, 1.807) is 0 Å². The van der Waals surface area contributed by atoms with Gasteiger partial charge >= 0.3 is 0 Å². The highest BCUT2D eigenvalue weighted by atomic mass is 16.3. The van der Waals surface area contributed by atoms with E-state index in [1.165, 1.54) is 0 Å². The van der Waals surface area contributed by atoms with Crippen molar-refractivity contribution in [2.45, 2.75) is 50.6 Å². The first-order valence-electron chi connectivity index (χ1n) is 4.71. The van der Waals surface area contributed by atoms with Crippen LogP contribution in [0.3, 0.4) is 0 Å². The Balaban J connectivity index is 2.49. The molecule has 0 aromatic carbocycles. The first-order valence-corrected chi connectivity index (χ1v) is 4.71.